The number of aromatic nitrogens is 4. The summed E-state index contributed by atoms with van der Waals surface area (Å²) >= 11 is 5.88. The molecule has 5 rings (SSSR count). The molecule has 0 spiro atoms. The second-order valence-corrected chi connectivity index (χ2v) is 8.58. The molecule has 2 aromatic carbocycles. The van der Waals surface area contributed by atoms with Gasteiger partial charge in [-0.25, -0.2) is 14.6 Å². The Kier molecular flexibility index (Phi) is 5.90. The van der Waals surface area contributed by atoms with E-state index in [-0.39, 0.29) is 17.0 Å². The summed E-state index contributed by atoms with van der Waals surface area (Å²) in [5.74, 6) is 1.58. The molecule has 9 heteroatoms. The standard InChI is InChI=1S/C25H23ClN6O2/c1-16(26)25(33)31-13-5-6-18(31)14-32-24-21(23(27)28-15-29-24)22(30-32)17-9-11-20(12-10-17)34-19-7-3-2-4-8-19/h2-4,7-12,15,18H,1,5-6,13-14H2,(H2,27,28,29)/t18-/m1/s1. The Bertz CT molecular complexity index is 1350. The number of likely N-dealkylation sites (tertiary alicyclic amines) is 1. The van der Waals surface area contributed by atoms with Crippen LogP contribution in [0.2, 0.25) is 0 Å². The summed E-state index contributed by atoms with van der Waals surface area (Å²) in [5, 5.41) is 5.53. The van der Waals surface area contributed by atoms with E-state index in [9.17, 15) is 4.79 Å². The molecule has 4 aromatic rings. The van der Waals surface area contributed by atoms with Gasteiger partial charge in [-0.3, -0.25) is 4.79 Å². The van der Waals surface area contributed by atoms with Gasteiger partial charge in [-0.15, -0.1) is 0 Å². The predicted octanol–water partition coefficient (Wildman–Crippen LogP) is 4.61. The molecule has 0 radical (unpaired) electrons. The van der Waals surface area contributed by atoms with Crippen molar-refractivity contribution in [2.45, 2.75) is 25.4 Å². The summed E-state index contributed by atoms with van der Waals surface area (Å²) in [7, 11) is 0. The van der Waals surface area contributed by atoms with Crippen molar-refractivity contribution in [3.05, 3.63) is 72.5 Å². The average Bonchev–Trinajstić information content (AvgIpc) is 3.46. The third-order valence-corrected chi connectivity index (χ3v) is 6.08. The van der Waals surface area contributed by atoms with Crippen LogP contribution < -0.4 is 10.5 Å². The second-order valence-electron chi connectivity index (χ2n) is 8.13. The number of benzene rings is 2. The van der Waals surface area contributed by atoms with Crippen LogP contribution in [0.25, 0.3) is 22.3 Å². The summed E-state index contributed by atoms with van der Waals surface area (Å²) in [6.07, 6.45) is 3.17. The van der Waals surface area contributed by atoms with Gasteiger partial charge < -0.3 is 15.4 Å². The highest BCUT2D eigenvalue weighted by molar-refractivity contribution is 6.41. The van der Waals surface area contributed by atoms with Gasteiger partial charge >= 0.3 is 0 Å². The zero-order valence-electron chi connectivity index (χ0n) is 18.4. The van der Waals surface area contributed by atoms with Crippen LogP contribution in [0.1, 0.15) is 12.8 Å². The van der Waals surface area contributed by atoms with E-state index in [1.165, 1.54) is 6.33 Å². The van der Waals surface area contributed by atoms with Crippen molar-refractivity contribution >= 4 is 34.4 Å². The molecule has 2 N–H and O–H groups in total. The highest BCUT2D eigenvalue weighted by Gasteiger charge is 2.31. The molecule has 1 fully saturated rings. The lowest BCUT2D eigenvalue weighted by Crippen LogP contribution is -2.38. The molecule has 0 aliphatic carbocycles. The van der Waals surface area contributed by atoms with E-state index in [0.29, 0.717) is 41.4 Å². The molecule has 1 aliphatic rings. The fourth-order valence-electron chi connectivity index (χ4n) is 4.31. The van der Waals surface area contributed by atoms with Crippen LogP contribution >= 0.6 is 11.6 Å². The maximum atomic E-state index is 12.5. The highest BCUT2D eigenvalue weighted by atomic mass is 35.5. The number of hydrogen-bond acceptors (Lipinski definition) is 6. The molecule has 1 aliphatic heterocycles. The van der Waals surface area contributed by atoms with Gasteiger partial charge in [0.1, 0.15) is 29.3 Å². The average molecular weight is 475 g/mol. The normalized spacial score (nSPS) is 15.6. The van der Waals surface area contributed by atoms with Crippen molar-refractivity contribution in [2.24, 2.45) is 0 Å². The predicted molar refractivity (Wildman–Crippen MR) is 131 cm³/mol. The Balaban J connectivity index is 1.47. The zero-order chi connectivity index (χ0) is 23.7. The third kappa shape index (κ3) is 4.20. The lowest BCUT2D eigenvalue weighted by Gasteiger charge is -2.24. The maximum Gasteiger partial charge on any atom is 0.265 e. The van der Waals surface area contributed by atoms with Crippen LogP contribution in [0, 0.1) is 0 Å². The number of amides is 1. The molecule has 34 heavy (non-hydrogen) atoms. The Morgan fingerprint density at radius 3 is 2.59 bits per heavy atom. The third-order valence-electron chi connectivity index (χ3n) is 5.92. The van der Waals surface area contributed by atoms with Crippen LogP contribution in [0.3, 0.4) is 0 Å². The van der Waals surface area contributed by atoms with Gasteiger partial charge in [0.25, 0.3) is 5.91 Å². The summed E-state index contributed by atoms with van der Waals surface area (Å²) < 4.78 is 7.69. The largest absolute Gasteiger partial charge is 0.457 e. The monoisotopic (exact) mass is 474 g/mol. The molecular weight excluding hydrogens is 452 g/mol. The van der Waals surface area contributed by atoms with Crippen molar-refractivity contribution in [3.63, 3.8) is 0 Å². The number of nitrogen functional groups attached to an aromatic ring is 1. The maximum absolute atomic E-state index is 12.5. The van der Waals surface area contributed by atoms with Gasteiger partial charge in [0, 0.05) is 12.1 Å². The van der Waals surface area contributed by atoms with Gasteiger partial charge in [0.05, 0.1) is 23.0 Å². The molecule has 1 amide bonds. The first-order valence-electron chi connectivity index (χ1n) is 11.0. The van der Waals surface area contributed by atoms with Crippen LogP contribution in [-0.2, 0) is 11.3 Å². The number of anilines is 1. The van der Waals surface area contributed by atoms with Gasteiger partial charge in [-0.1, -0.05) is 36.4 Å². The second kappa shape index (κ2) is 9.15. The van der Waals surface area contributed by atoms with E-state index in [4.69, 9.17) is 27.2 Å². The molecule has 172 valence electrons. The number of carbonyl (C=O) groups is 1. The lowest BCUT2D eigenvalue weighted by atomic mass is 10.1. The highest BCUT2D eigenvalue weighted by Crippen LogP contribution is 2.33. The van der Waals surface area contributed by atoms with Crippen LogP contribution in [-0.4, -0.2) is 43.1 Å². The molecule has 1 atom stereocenters. The van der Waals surface area contributed by atoms with Crippen LogP contribution in [0.5, 0.6) is 11.5 Å². The van der Waals surface area contributed by atoms with E-state index in [2.05, 4.69) is 16.5 Å². The quantitative estimate of drug-likeness (QED) is 0.409. The van der Waals surface area contributed by atoms with E-state index < -0.39 is 0 Å². The molecule has 3 heterocycles. The number of fused-ring (bicyclic) bond motifs is 1. The van der Waals surface area contributed by atoms with E-state index in [1.54, 1.807) is 9.58 Å². The fraction of sp³-hybridized carbons (Fsp3) is 0.200. The van der Waals surface area contributed by atoms with E-state index >= 15 is 0 Å². The minimum atomic E-state index is -0.246. The first-order valence-corrected chi connectivity index (χ1v) is 11.3. The van der Waals surface area contributed by atoms with Crippen molar-refractivity contribution < 1.29 is 9.53 Å². The van der Waals surface area contributed by atoms with Gasteiger partial charge in [-0.05, 0) is 49.2 Å². The van der Waals surface area contributed by atoms with Crippen LogP contribution in [0.4, 0.5) is 5.82 Å². The minimum absolute atomic E-state index is 0.0160. The van der Waals surface area contributed by atoms with Gasteiger partial charge in [0.15, 0.2) is 5.65 Å². The van der Waals surface area contributed by atoms with E-state index in [1.807, 2.05) is 54.6 Å². The topological polar surface area (TPSA) is 99.2 Å². The van der Waals surface area contributed by atoms with Crippen molar-refractivity contribution in [2.75, 3.05) is 12.3 Å². The molecular formula is C25H23ClN6O2. The molecule has 2 aromatic heterocycles. The lowest BCUT2D eigenvalue weighted by molar-refractivity contribution is -0.127. The molecule has 0 saturated carbocycles. The van der Waals surface area contributed by atoms with Crippen molar-refractivity contribution in [1.82, 2.24) is 24.6 Å². The van der Waals surface area contributed by atoms with Gasteiger partial charge in [-0.2, -0.15) is 5.10 Å². The summed E-state index contributed by atoms with van der Waals surface area (Å²) in [6.45, 7) is 4.69. The van der Waals surface area contributed by atoms with Crippen molar-refractivity contribution in [1.29, 1.82) is 0 Å². The number of ether oxygens (including phenoxy) is 1. The zero-order valence-corrected chi connectivity index (χ0v) is 19.2. The Morgan fingerprint density at radius 1 is 1.12 bits per heavy atom. The Morgan fingerprint density at radius 2 is 1.85 bits per heavy atom. The summed E-state index contributed by atoms with van der Waals surface area (Å²) in [4.78, 5) is 22.8. The SMILES string of the molecule is C=C(Cl)C(=O)N1CCC[C@@H]1Cn1nc(-c2ccc(Oc3ccccc3)cc2)c2c(N)ncnc21. The molecule has 1 saturated heterocycles. The minimum Gasteiger partial charge on any atom is -0.457 e. The Labute approximate surface area is 201 Å². The number of nitrogens with zero attached hydrogens (tertiary/aromatic N) is 5. The smallest absolute Gasteiger partial charge is 0.265 e. The molecule has 8 nitrogen and oxygen atoms in total. The van der Waals surface area contributed by atoms with Gasteiger partial charge in [0.2, 0.25) is 0 Å². The summed E-state index contributed by atoms with van der Waals surface area (Å²) in [6, 6.07) is 17.2. The Hall–Kier alpha value is -3.91. The number of halogens is 1. The number of nitrogens with two attached hydrogens (primary N) is 1. The number of hydrogen-bond donors (Lipinski definition) is 1. The van der Waals surface area contributed by atoms with E-state index in [0.717, 1.165) is 24.2 Å². The molecule has 0 bridgehead atoms. The van der Waals surface area contributed by atoms with Crippen molar-refractivity contribution in [3.8, 4) is 22.8 Å². The first-order chi connectivity index (χ1) is 16.5. The number of para-hydroxylation sites is 1. The summed E-state index contributed by atoms with van der Waals surface area (Å²) in [5.41, 5.74) is 8.40. The number of rotatable bonds is 6. The first kappa shape index (κ1) is 21.9. The fourth-order valence-corrected chi connectivity index (χ4v) is 4.42. The molecule has 0 unspecified atom stereocenters. The number of carbonyl (C=O) groups excluding carboxylic acids is 1. The van der Waals surface area contributed by atoms with Crippen LogP contribution in [0.15, 0.2) is 72.5 Å².